The maximum absolute atomic E-state index is 12.3. The van der Waals surface area contributed by atoms with Gasteiger partial charge in [-0.25, -0.2) is 0 Å². The quantitative estimate of drug-likeness (QED) is 0.865. The Morgan fingerprint density at radius 1 is 1.40 bits per heavy atom. The summed E-state index contributed by atoms with van der Waals surface area (Å²) in [5.41, 5.74) is 2.41. The molecule has 2 N–H and O–H groups in total. The fourth-order valence-electron chi connectivity index (χ4n) is 2.82. The van der Waals surface area contributed by atoms with Gasteiger partial charge >= 0.3 is 0 Å². The van der Waals surface area contributed by atoms with Gasteiger partial charge in [-0.1, -0.05) is 38.5 Å². The van der Waals surface area contributed by atoms with E-state index in [0.29, 0.717) is 5.92 Å². The van der Waals surface area contributed by atoms with Crippen molar-refractivity contribution in [3.8, 4) is 0 Å². The first kappa shape index (κ1) is 14.9. The largest absolute Gasteiger partial charge is 0.384 e. The molecule has 1 aromatic carbocycles. The van der Waals surface area contributed by atoms with E-state index in [0.717, 1.165) is 19.4 Å². The van der Waals surface area contributed by atoms with Gasteiger partial charge in [0.05, 0.1) is 5.92 Å². The van der Waals surface area contributed by atoms with Gasteiger partial charge in [0.25, 0.3) is 0 Å². The fourth-order valence-corrected chi connectivity index (χ4v) is 2.82. The minimum Gasteiger partial charge on any atom is -0.384 e. The lowest BCUT2D eigenvalue weighted by molar-refractivity contribution is -0.125. The van der Waals surface area contributed by atoms with Crippen molar-refractivity contribution in [2.24, 2.45) is 11.8 Å². The van der Waals surface area contributed by atoms with E-state index < -0.39 is 0 Å². The number of carbonyl (C=O) groups is 1. The molecule has 0 aromatic heterocycles. The first-order chi connectivity index (χ1) is 9.60. The molecule has 0 saturated heterocycles. The van der Waals surface area contributed by atoms with Crippen molar-refractivity contribution in [3.63, 3.8) is 0 Å². The molecule has 3 heteroatoms. The molecular weight excluding hydrogens is 248 g/mol. The molecule has 110 valence electrons. The summed E-state index contributed by atoms with van der Waals surface area (Å²) in [6.07, 6.45) is 3.06. The number of para-hydroxylation sites is 1. The standard InChI is InChI=1S/C17H26N2O/c1-4-12(2)9-13(3)19-17(20)15-10-14-7-5-6-8-16(14)18-11-15/h5-8,12-13,15,18H,4,9-11H2,1-3H3,(H,19,20). The van der Waals surface area contributed by atoms with Gasteiger partial charge in [-0.15, -0.1) is 0 Å². The summed E-state index contributed by atoms with van der Waals surface area (Å²) in [5.74, 6) is 0.891. The Bertz CT molecular complexity index is 458. The van der Waals surface area contributed by atoms with Crippen LogP contribution in [0.15, 0.2) is 24.3 Å². The van der Waals surface area contributed by atoms with E-state index in [1.165, 1.54) is 17.7 Å². The van der Waals surface area contributed by atoms with Crippen molar-refractivity contribution in [3.05, 3.63) is 29.8 Å². The molecule has 1 amide bonds. The summed E-state index contributed by atoms with van der Waals surface area (Å²) in [4.78, 5) is 12.3. The number of hydrogen-bond acceptors (Lipinski definition) is 2. The molecule has 1 aliphatic rings. The summed E-state index contributed by atoms with van der Waals surface area (Å²) < 4.78 is 0. The lowest BCUT2D eigenvalue weighted by Gasteiger charge is -2.27. The van der Waals surface area contributed by atoms with Crippen LogP contribution in [-0.2, 0) is 11.2 Å². The van der Waals surface area contributed by atoms with Crippen molar-refractivity contribution >= 4 is 11.6 Å². The average Bonchev–Trinajstić information content (AvgIpc) is 2.46. The van der Waals surface area contributed by atoms with Crippen molar-refractivity contribution < 1.29 is 4.79 Å². The van der Waals surface area contributed by atoms with Crippen LogP contribution in [0.5, 0.6) is 0 Å². The SMILES string of the molecule is CCC(C)CC(C)NC(=O)C1CNc2ccccc2C1. The predicted molar refractivity (Wildman–Crippen MR) is 83.8 cm³/mol. The number of benzene rings is 1. The maximum Gasteiger partial charge on any atom is 0.225 e. The van der Waals surface area contributed by atoms with Crippen molar-refractivity contribution in [2.45, 2.75) is 46.1 Å². The number of anilines is 1. The molecule has 20 heavy (non-hydrogen) atoms. The van der Waals surface area contributed by atoms with Crippen LogP contribution in [0.4, 0.5) is 5.69 Å². The molecule has 0 fully saturated rings. The Balaban J connectivity index is 1.88. The van der Waals surface area contributed by atoms with Gasteiger partial charge in [0, 0.05) is 18.3 Å². The molecule has 0 bridgehead atoms. The van der Waals surface area contributed by atoms with E-state index in [1.54, 1.807) is 0 Å². The molecule has 3 nitrogen and oxygen atoms in total. The van der Waals surface area contributed by atoms with Gasteiger partial charge in [-0.2, -0.15) is 0 Å². The van der Waals surface area contributed by atoms with E-state index in [2.05, 4.69) is 43.5 Å². The van der Waals surface area contributed by atoms with Crippen molar-refractivity contribution in [1.82, 2.24) is 5.32 Å². The Labute approximate surface area is 122 Å². The molecule has 2 rings (SSSR count). The van der Waals surface area contributed by atoms with Crippen LogP contribution in [-0.4, -0.2) is 18.5 Å². The molecule has 0 aliphatic carbocycles. The summed E-state index contributed by atoms with van der Waals surface area (Å²) in [5, 5.41) is 6.52. The van der Waals surface area contributed by atoms with Gasteiger partial charge in [-0.05, 0) is 37.3 Å². The highest BCUT2D eigenvalue weighted by Gasteiger charge is 2.25. The molecule has 0 spiro atoms. The predicted octanol–water partition coefficient (Wildman–Crippen LogP) is 3.21. The third-order valence-corrected chi connectivity index (χ3v) is 4.23. The zero-order valence-corrected chi connectivity index (χ0v) is 12.8. The number of hydrogen-bond donors (Lipinski definition) is 2. The Morgan fingerprint density at radius 2 is 2.15 bits per heavy atom. The van der Waals surface area contributed by atoms with Crippen LogP contribution in [0.1, 0.15) is 39.2 Å². The zero-order chi connectivity index (χ0) is 14.5. The van der Waals surface area contributed by atoms with E-state index in [1.807, 2.05) is 12.1 Å². The Morgan fingerprint density at radius 3 is 2.90 bits per heavy atom. The van der Waals surface area contributed by atoms with Crippen LogP contribution in [0, 0.1) is 11.8 Å². The molecule has 1 heterocycles. The topological polar surface area (TPSA) is 41.1 Å². The normalized spacial score (nSPS) is 20.4. The highest BCUT2D eigenvalue weighted by molar-refractivity contribution is 5.81. The lowest BCUT2D eigenvalue weighted by Crippen LogP contribution is -2.42. The number of rotatable bonds is 5. The van der Waals surface area contributed by atoms with Crippen LogP contribution < -0.4 is 10.6 Å². The van der Waals surface area contributed by atoms with Gasteiger partial charge in [-0.3, -0.25) is 4.79 Å². The summed E-state index contributed by atoms with van der Waals surface area (Å²) in [6, 6.07) is 8.50. The first-order valence-corrected chi connectivity index (χ1v) is 7.72. The third-order valence-electron chi connectivity index (χ3n) is 4.23. The molecule has 3 atom stereocenters. The molecule has 0 saturated carbocycles. The smallest absolute Gasteiger partial charge is 0.225 e. The van der Waals surface area contributed by atoms with E-state index >= 15 is 0 Å². The van der Waals surface area contributed by atoms with Crippen LogP contribution >= 0.6 is 0 Å². The summed E-state index contributed by atoms with van der Waals surface area (Å²) in [7, 11) is 0. The fraction of sp³-hybridized carbons (Fsp3) is 0.588. The molecule has 3 unspecified atom stereocenters. The van der Waals surface area contributed by atoms with Gasteiger partial charge < -0.3 is 10.6 Å². The minimum atomic E-state index is 0.0456. The number of amides is 1. The third kappa shape index (κ3) is 3.75. The second-order valence-corrected chi connectivity index (χ2v) is 6.10. The average molecular weight is 274 g/mol. The number of carbonyl (C=O) groups excluding carboxylic acids is 1. The Kier molecular flexibility index (Phi) is 5.05. The highest BCUT2D eigenvalue weighted by atomic mass is 16.1. The lowest BCUT2D eigenvalue weighted by atomic mass is 9.92. The molecule has 0 radical (unpaired) electrons. The molecule has 1 aromatic rings. The zero-order valence-electron chi connectivity index (χ0n) is 12.8. The monoisotopic (exact) mass is 274 g/mol. The van der Waals surface area contributed by atoms with Gasteiger partial charge in [0.2, 0.25) is 5.91 Å². The van der Waals surface area contributed by atoms with Gasteiger partial charge in [0.1, 0.15) is 0 Å². The van der Waals surface area contributed by atoms with Crippen molar-refractivity contribution in [2.75, 3.05) is 11.9 Å². The van der Waals surface area contributed by atoms with E-state index in [-0.39, 0.29) is 17.9 Å². The van der Waals surface area contributed by atoms with E-state index in [9.17, 15) is 4.79 Å². The second kappa shape index (κ2) is 6.78. The first-order valence-electron chi connectivity index (χ1n) is 7.72. The van der Waals surface area contributed by atoms with Crippen LogP contribution in [0.2, 0.25) is 0 Å². The highest BCUT2D eigenvalue weighted by Crippen LogP contribution is 2.24. The van der Waals surface area contributed by atoms with Crippen molar-refractivity contribution in [1.29, 1.82) is 0 Å². The maximum atomic E-state index is 12.3. The number of fused-ring (bicyclic) bond motifs is 1. The minimum absolute atomic E-state index is 0.0456. The summed E-state index contributed by atoms with van der Waals surface area (Å²) >= 11 is 0. The Hall–Kier alpha value is -1.51. The van der Waals surface area contributed by atoms with Crippen LogP contribution in [0.25, 0.3) is 0 Å². The molecule has 1 aliphatic heterocycles. The second-order valence-electron chi connectivity index (χ2n) is 6.10. The van der Waals surface area contributed by atoms with E-state index in [4.69, 9.17) is 0 Å². The van der Waals surface area contributed by atoms with Crippen LogP contribution in [0.3, 0.4) is 0 Å². The van der Waals surface area contributed by atoms with Gasteiger partial charge in [0.15, 0.2) is 0 Å². The molecular formula is C17H26N2O. The number of nitrogens with one attached hydrogen (secondary N) is 2. The summed E-state index contributed by atoms with van der Waals surface area (Å²) in [6.45, 7) is 7.27.